The Bertz CT molecular complexity index is 767. The van der Waals surface area contributed by atoms with Crippen LogP contribution >= 0.6 is 6.72 Å². The first-order valence-electron chi connectivity index (χ1n) is 9.50. The topological polar surface area (TPSA) is 27.7 Å². The predicted octanol–water partition coefficient (Wildman–Crippen LogP) is 7.27. The molecule has 2 aromatic rings. The minimum Gasteiger partial charge on any atom is -0.415 e. The lowest BCUT2D eigenvalue weighted by atomic mass is 10.0. The zero-order valence-electron chi connectivity index (χ0n) is 17.4. The third-order valence-electron chi connectivity index (χ3n) is 4.47. The molecular weight excluding hydrogens is 375 g/mol. The largest absolute Gasteiger partial charge is 0.434 e. The Hall–Kier alpha value is -1.35. The molecule has 0 aromatic heterocycles. The maximum Gasteiger partial charge on any atom is 0.434 e. The third-order valence-corrected chi connectivity index (χ3v) is 6.64. The minimum absolute atomic E-state index is 0.406. The smallest absolute Gasteiger partial charge is 0.415 e. The summed E-state index contributed by atoms with van der Waals surface area (Å²) < 4.78 is 18.2. The van der Waals surface area contributed by atoms with Crippen LogP contribution in [-0.4, -0.2) is 6.61 Å². The van der Waals surface area contributed by atoms with Gasteiger partial charge in [0.25, 0.3) is 0 Å². The lowest BCUT2D eigenvalue weighted by molar-refractivity contribution is 0.275. The summed E-state index contributed by atoms with van der Waals surface area (Å²) in [6, 6.07) is 12.4. The fourth-order valence-corrected chi connectivity index (χ4v) is 4.75. The van der Waals surface area contributed by atoms with E-state index in [1.807, 2.05) is 32.9 Å². The molecule has 0 unspecified atom stereocenters. The van der Waals surface area contributed by atoms with Gasteiger partial charge in [-0.1, -0.05) is 52.0 Å². The molecule has 0 radical (unpaired) electrons. The van der Waals surface area contributed by atoms with Crippen LogP contribution in [0.1, 0.15) is 68.7 Å². The van der Waals surface area contributed by atoms with Gasteiger partial charge in [0.1, 0.15) is 11.5 Å². The van der Waals surface area contributed by atoms with Gasteiger partial charge in [-0.15, -0.1) is 0 Å². The summed E-state index contributed by atoms with van der Waals surface area (Å²) in [7, 11) is 0. The van der Waals surface area contributed by atoms with Crippen molar-refractivity contribution in [2.24, 2.45) is 0 Å². The zero-order chi connectivity index (χ0) is 20.2. The van der Waals surface area contributed by atoms with Crippen molar-refractivity contribution in [3.63, 3.8) is 0 Å². The fourth-order valence-electron chi connectivity index (χ4n) is 2.62. The third kappa shape index (κ3) is 5.81. The first-order valence-corrected chi connectivity index (χ1v) is 12.1. The highest BCUT2D eigenvalue weighted by Crippen LogP contribution is 2.51. The van der Waals surface area contributed by atoms with Crippen LogP contribution < -0.4 is 9.05 Å². The molecular formula is C22H31O3PS. The molecule has 0 aliphatic rings. The number of hydrogen-bond acceptors (Lipinski definition) is 4. The van der Waals surface area contributed by atoms with E-state index in [1.54, 1.807) is 0 Å². The Morgan fingerprint density at radius 3 is 1.56 bits per heavy atom. The second kappa shape index (κ2) is 9.23. The molecule has 0 spiro atoms. The van der Waals surface area contributed by atoms with E-state index in [2.05, 4.69) is 52.0 Å². The second-order valence-corrected chi connectivity index (χ2v) is 10.3. The maximum atomic E-state index is 6.20. The molecule has 0 fully saturated rings. The monoisotopic (exact) mass is 406 g/mol. The molecule has 0 amide bonds. The van der Waals surface area contributed by atoms with Gasteiger partial charge in [0.2, 0.25) is 0 Å². The van der Waals surface area contributed by atoms with E-state index in [0.29, 0.717) is 18.4 Å². The number of benzene rings is 2. The van der Waals surface area contributed by atoms with Gasteiger partial charge >= 0.3 is 6.72 Å². The van der Waals surface area contributed by atoms with E-state index in [1.165, 1.54) is 11.1 Å². The van der Waals surface area contributed by atoms with Crippen LogP contribution in [0.2, 0.25) is 0 Å². The molecule has 0 aliphatic carbocycles. The minimum atomic E-state index is -2.98. The van der Waals surface area contributed by atoms with Gasteiger partial charge in [0.15, 0.2) is 0 Å². The lowest BCUT2D eigenvalue weighted by Crippen LogP contribution is -2.07. The Kier molecular flexibility index (Phi) is 7.50. The van der Waals surface area contributed by atoms with Crippen LogP contribution in [0.3, 0.4) is 0 Å². The van der Waals surface area contributed by atoms with Crippen molar-refractivity contribution in [3.05, 3.63) is 58.7 Å². The molecule has 2 aromatic carbocycles. The molecule has 0 saturated heterocycles. The summed E-state index contributed by atoms with van der Waals surface area (Å²) in [4.78, 5) is 0. The van der Waals surface area contributed by atoms with Gasteiger partial charge in [-0.2, -0.15) is 0 Å². The molecule has 3 nitrogen and oxygen atoms in total. The van der Waals surface area contributed by atoms with Crippen molar-refractivity contribution >= 4 is 18.5 Å². The van der Waals surface area contributed by atoms with E-state index in [-0.39, 0.29) is 0 Å². The van der Waals surface area contributed by atoms with E-state index in [0.717, 1.165) is 22.6 Å². The molecule has 148 valence electrons. The highest BCUT2D eigenvalue weighted by Gasteiger charge is 2.26. The normalized spacial score (nSPS) is 11.9. The second-order valence-electron chi connectivity index (χ2n) is 7.41. The van der Waals surface area contributed by atoms with Crippen LogP contribution in [0, 0.1) is 13.8 Å². The summed E-state index contributed by atoms with van der Waals surface area (Å²) in [6.07, 6.45) is 0. The van der Waals surface area contributed by atoms with Crippen LogP contribution in [0.4, 0.5) is 0 Å². The standard InChI is InChI=1S/C22H31O3PS/c1-8-23-26(27,24-21-13-19(15(2)3)11-9-17(21)6)25-22-14-20(16(4)5)12-10-18(22)7/h9-16H,8H2,1-7H3. The number of aryl methyl sites for hydroxylation is 2. The quantitative estimate of drug-likeness (QED) is 0.431. The van der Waals surface area contributed by atoms with Gasteiger partial charge in [0.05, 0.1) is 6.61 Å². The van der Waals surface area contributed by atoms with Crippen LogP contribution in [0.5, 0.6) is 11.5 Å². The number of hydrogen-bond donors (Lipinski definition) is 0. The Morgan fingerprint density at radius 2 is 1.22 bits per heavy atom. The van der Waals surface area contributed by atoms with Crippen molar-refractivity contribution in [1.82, 2.24) is 0 Å². The van der Waals surface area contributed by atoms with Crippen molar-refractivity contribution in [2.45, 2.75) is 60.3 Å². The molecule has 0 heterocycles. The van der Waals surface area contributed by atoms with E-state index < -0.39 is 6.72 Å². The molecule has 5 heteroatoms. The highest BCUT2D eigenvalue weighted by molar-refractivity contribution is 8.07. The maximum absolute atomic E-state index is 6.20. The van der Waals surface area contributed by atoms with Gasteiger partial charge < -0.3 is 9.05 Å². The summed E-state index contributed by atoms with van der Waals surface area (Å²) in [6.45, 7) is 12.0. The lowest BCUT2D eigenvalue weighted by Gasteiger charge is -2.25. The molecule has 0 saturated carbocycles. The first-order chi connectivity index (χ1) is 12.6. The van der Waals surface area contributed by atoms with Crippen molar-refractivity contribution in [2.75, 3.05) is 6.61 Å². The summed E-state index contributed by atoms with van der Waals surface area (Å²) in [5, 5.41) is 0. The molecule has 0 bridgehead atoms. The first kappa shape index (κ1) is 21.9. The van der Waals surface area contributed by atoms with Crippen molar-refractivity contribution in [3.8, 4) is 11.5 Å². The summed E-state index contributed by atoms with van der Waals surface area (Å²) >= 11 is 5.75. The molecule has 27 heavy (non-hydrogen) atoms. The van der Waals surface area contributed by atoms with Gasteiger partial charge in [-0.25, -0.2) is 0 Å². The molecule has 0 N–H and O–H groups in total. The average molecular weight is 407 g/mol. The van der Waals surface area contributed by atoms with Crippen molar-refractivity contribution in [1.29, 1.82) is 0 Å². The predicted molar refractivity (Wildman–Crippen MR) is 118 cm³/mol. The highest BCUT2D eigenvalue weighted by atomic mass is 32.5. The summed E-state index contributed by atoms with van der Waals surface area (Å²) in [5.74, 6) is 2.28. The van der Waals surface area contributed by atoms with E-state index >= 15 is 0 Å². The molecule has 0 aliphatic heterocycles. The SMILES string of the molecule is CCOP(=S)(Oc1cc(C(C)C)ccc1C)Oc1cc(C(C)C)ccc1C. The van der Waals surface area contributed by atoms with Crippen LogP contribution in [-0.2, 0) is 16.3 Å². The van der Waals surface area contributed by atoms with Crippen LogP contribution in [0.15, 0.2) is 36.4 Å². The average Bonchev–Trinajstić information content (AvgIpc) is 2.58. The van der Waals surface area contributed by atoms with Crippen LogP contribution in [0.25, 0.3) is 0 Å². The van der Waals surface area contributed by atoms with Gasteiger partial charge in [-0.05, 0) is 67.0 Å². The summed E-state index contributed by atoms with van der Waals surface area (Å²) in [5.41, 5.74) is 4.44. The van der Waals surface area contributed by atoms with Crippen molar-refractivity contribution < 1.29 is 13.6 Å². The molecule has 2 rings (SSSR count). The Labute approximate surface area is 169 Å². The van der Waals surface area contributed by atoms with Gasteiger partial charge in [-0.3, -0.25) is 4.52 Å². The van der Waals surface area contributed by atoms with Gasteiger partial charge in [0, 0.05) is 11.8 Å². The fraction of sp³-hybridized carbons (Fsp3) is 0.455. The zero-order valence-corrected chi connectivity index (χ0v) is 19.1. The Balaban J connectivity index is 2.37. The van der Waals surface area contributed by atoms with E-state index in [9.17, 15) is 0 Å². The number of rotatable bonds is 8. The van der Waals surface area contributed by atoms with E-state index in [4.69, 9.17) is 25.4 Å². The Morgan fingerprint density at radius 1 is 0.815 bits per heavy atom. The molecule has 0 atom stereocenters.